The predicted molar refractivity (Wildman–Crippen MR) is 118 cm³/mol. The number of hydrogen-bond acceptors (Lipinski definition) is 2. The average Bonchev–Trinajstić information content (AvgIpc) is 2.60. The maximum absolute atomic E-state index is 3.36. The van der Waals surface area contributed by atoms with Crippen LogP contribution < -0.4 is 19.6 Å². The fraction of sp³-hybridized carbons (Fsp3) is 0.455. The fourth-order valence-corrected chi connectivity index (χ4v) is 11.2. The molecular weight excluding hydrogens is 450 g/mol. The van der Waals surface area contributed by atoms with Crippen molar-refractivity contribution in [3.05, 3.63) is 59.7 Å². The molecule has 0 aliphatic heterocycles. The summed E-state index contributed by atoms with van der Waals surface area (Å²) in [6.45, 7) is 11.4. The topological polar surface area (TPSA) is 24.1 Å². The Hall–Kier alpha value is -0.601. The SMILES string of the molecule is CNCC(C)(C)c1ccccc1[Se][Se]c1ccccc1C(C)(C)CNC. The van der Waals surface area contributed by atoms with Crippen LogP contribution in [0.15, 0.2) is 48.5 Å². The maximum atomic E-state index is 3.36. The molecule has 2 rings (SSSR count). The van der Waals surface area contributed by atoms with Crippen LogP contribution in [0.3, 0.4) is 0 Å². The summed E-state index contributed by atoms with van der Waals surface area (Å²) in [5, 5.41) is 6.71. The van der Waals surface area contributed by atoms with E-state index in [4.69, 9.17) is 0 Å². The first kappa shape index (κ1) is 21.7. The summed E-state index contributed by atoms with van der Waals surface area (Å²) in [6, 6.07) is 18.1. The first-order valence-electron chi connectivity index (χ1n) is 9.14. The van der Waals surface area contributed by atoms with Crippen molar-refractivity contribution in [3.63, 3.8) is 0 Å². The molecule has 0 bridgehead atoms. The van der Waals surface area contributed by atoms with E-state index in [1.165, 1.54) is 11.1 Å². The Morgan fingerprint density at radius 1 is 0.654 bits per heavy atom. The van der Waals surface area contributed by atoms with Crippen molar-refractivity contribution < 1.29 is 0 Å². The van der Waals surface area contributed by atoms with E-state index in [-0.39, 0.29) is 10.8 Å². The second kappa shape index (κ2) is 9.55. The second-order valence-electron chi connectivity index (χ2n) is 7.99. The summed E-state index contributed by atoms with van der Waals surface area (Å²) < 4.78 is 3.11. The van der Waals surface area contributed by atoms with Crippen molar-refractivity contribution in [2.75, 3.05) is 27.2 Å². The molecule has 2 N–H and O–H groups in total. The van der Waals surface area contributed by atoms with E-state index in [1.54, 1.807) is 8.92 Å². The number of likely N-dealkylation sites (N-methyl/N-ethyl adjacent to an activating group) is 2. The predicted octanol–water partition coefficient (Wildman–Crippen LogP) is 1.95. The molecule has 0 atom stereocenters. The molecule has 0 saturated carbocycles. The molecule has 0 radical (unpaired) electrons. The molecule has 0 aliphatic carbocycles. The number of hydrogen-bond donors (Lipinski definition) is 2. The van der Waals surface area contributed by atoms with Crippen LogP contribution in [-0.4, -0.2) is 53.4 Å². The summed E-state index contributed by atoms with van der Waals surface area (Å²) in [6.07, 6.45) is 0. The number of benzene rings is 2. The van der Waals surface area contributed by atoms with Crippen molar-refractivity contribution in [1.29, 1.82) is 0 Å². The van der Waals surface area contributed by atoms with Gasteiger partial charge in [0.05, 0.1) is 0 Å². The molecule has 4 heteroatoms. The molecule has 26 heavy (non-hydrogen) atoms. The van der Waals surface area contributed by atoms with E-state index in [9.17, 15) is 0 Å². The van der Waals surface area contributed by atoms with Crippen LogP contribution in [0.5, 0.6) is 0 Å². The van der Waals surface area contributed by atoms with Crippen LogP contribution in [0.1, 0.15) is 38.8 Å². The number of nitrogens with one attached hydrogen (secondary N) is 2. The molecule has 0 fully saturated rings. The van der Waals surface area contributed by atoms with Crippen LogP contribution in [-0.2, 0) is 10.8 Å². The number of rotatable bonds is 9. The van der Waals surface area contributed by atoms with Gasteiger partial charge in [-0.15, -0.1) is 0 Å². The summed E-state index contributed by atoms with van der Waals surface area (Å²) >= 11 is 0.973. The average molecular weight is 482 g/mol. The van der Waals surface area contributed by atoms with Crippen LogP contribution in [0, 0.1) is 0 Å². The third kappa shape index (κ3) is 5.45. The first-order valence-corrected chi connectivity index (χ1v) is 15.2. The Kier molecular flexibility index (Phi) is 7.97. The van der Waals surface area contributed by atoms with Gasteiger partial charge in [0.1, 0.15) is 0 Å². The summed E-state index contributed by atoms with van der Waals surface area (Å²) in [5.74, 6) is 0. The summed E-state index contributed by atoms with van der Waals surface area (Å²) in [4.78, 5) is 0. The monoisotopic (exact) mass is 484 g/mol. The molecule has 2 nitrogen and oxygen atoms in total. The summed E-state index contributed by atoms with van der Waals surface area (Å²) in [7, 11) is 4.08. The molecule has 2 aromatic rings. The first-order chi connectivity index (χ1) is 12.3. The minimum absolute atomic E-state index is 0.161. The Morgan fingerprint density at radius 3 is 1.35 bits per heavy atom. The van der Waals surface area contributed by atoms with Crippen LogP contribution in [0.25, 0.3) is 0 Å². The molecule has 0 aliphatic rings. The van der Waals surface area contributed by atoms with E-state index in [0.717, 1.165) is 13.1 Å². The van der Waals surface area contributed by atoms with Crippen LogP contribution in [0.4, 0.5) is 0 Å². The van der Waals surface area contributed by atoms with Gasteiger partial charge in [0.2, 0.25) is 0 Å². The third-order valence-electron chi connectivity index (χ3n) is 4.69. The molecule has 0 saturated heterocycles. The van der Waals surface area contributed by atoms with Gasteiger partial charge < -0.3 is 0 Å². The zero-order chi connectivity index (χ0) is 19.2. The van der Waals surface area contributed by atoms with E-state index in [1.807, 2.05) is 14.1 Å². The Morgan fingerprint density at radius 2 is 1.00 bits per heavy atom. The molecule has 0 aromatic heterocycles. The van der Waals surface area contributed by atoms with Crippen LogP contribution >= 0.6 is 0 Å². The zero-order valence-corrected chi connectivity index (χ0v) is 20.3. The van der Waals surface area contributed by atoms with Gasteiger partial charge in [-0.1, -0.05) is 0 Å². The second-order valence-corrected chi connectivity index (χ2v) is 14.2. The molecule has 0 heterocycles. The van der Waals surface area contributed by atoms with Crippen molar-refractivity contribution in [1.82, 2.24) is 10.6 Å². The van der Waals surface area contributed by atoms with E-state index >= 15 is 0 Å². The van der Waals surface area contributed by atoms with Gasteiger partial charge >= 0.3 is 171 Å². The van der Waals surface area contributed by atoms with Gasteiger partial charge in [0.15, 0.2) is 0 Å². The van der Waals surface area contributed by atoms with E-state index in [2.05, 4.69) is 86.9 Å². The Balaban J connectivity index is 2.26. The van der Waals surface area contributed by atoms with Gasteiger partial charge in [-0.2, -0.15) is 0 Å². The Bertz CT molecular complexity index is 649. The van der Waals surface area contributed by atoms with E-state index < -0.39 is 0 Å². The normalized spacial score (nSPS) is 12.4. The van der Waals surface area contributed by atoms with Crippen molar-refractivity contribution >= 4 is 35.2 Å². The molecule has 0 spiro atoms. The van der Waals surface area contributed by atoms with Crippen molar-refractivity contribution in [2.45, 2.75) is 38.5 Å². The molecule has 2 aromatic carbocycles. The molecular formula is C22H32N2Se2. The van der Waals surface area contributed by atoms with Crippen molar-refractivity contribution in [2.24, 2.45) is 0 Å². The molecule has 0 unspecified atom stereocenters. The van der Waals surface area contributed by atoms with Gasteiger partial charge in [0, 0.05) is 0 Å². The fourth-order valence-electron chi connectivity index (χ4n) is 3.36. The standard InChI is InChI=1S/C22H32N2Se2/c1-21(2,15-23-5)17-11-7-9-13-19(17)25-26-20-14-10-8-12-18(20)22(3,4)16-24-6/h7-14,23-24H,15-16H2,1-6H3. The summed E-state index contributed by atoms with van der Waals surface area (Å²) in [5.41, 5.74) is 3.33. The van der Waals surface area contributed by atoms with Gasteiger partial charge in [-0.3, -0.25) is 0 Å². The zero-order valence-electron chi connectivity index (χ0n) is 16.8. The molecule has 0 amide bonds. The van der Waals surface area contributed by atoms with Crippen LogP contribution in [0.2, 0.25) is 0 Å². The van der Waals surface area contributed by atoms with Gasteiger partial charge in [-0.05, 0) is 0 Å². The van der Waals surface area contributed by atoms with Gasteiger partial charge in [0.25, 0.3) is 0 Å². The molecule has 142 valence electrons. The third-order valence-corrected chi connectivity index (χ3v) is 11.9. The quantitative estimate of drug-likeness (QED) is 0.535. The van der Waals surface area contributed by atoms with Crippen molar-refractivity contribution in [3.8, 4) is 0 Å². The van der Waals surface area contributed by atoms with E-state index in [0.29, 0.717) is 26.3 Å². The minimum atomic E-state index is 0.161. The Labute approximate surface area is 170 Å². The van der Waals surface area contributed by atoms with Gasteiger partial charge in [-0.25, -0.2) is 0 Å².